The molecule has 5 nitrogen and oxygen atoms in total. The molecule has 0 aliphatic carbocycles. The zero-order chi connectivity index (χ0) is 14.8. The van der Waals surface area contributed by atoms with Crippen LogP contribution in [0.15, 0.2) is 37.6 Å². The summed E-state index contributed by atoms with van der Waals surface area (Å²) < 4.78 is 31.3. The lowest BCUT2D eigenvalue weighted by Crippen LogP contribution is -2.21. The molecule has 0 aromatic carbocycles. The third-order valence-electron chi connectivity index (χ3n) is 2.60. The van der Waals surface area contributed by atoms with E-state index in [9.17, 15) is 8.42 Å². The quantitative estimate of drug-likeness (QED) is 0.838. The molecule has 110 valence electrons. The number of nitrogens with one attached hydrogen (secondary N) is 1. The highest BCUT2D eigenvalue weighted by Gasteiger charge is 2.21. The number of thiophene rings is 1. The highest BCUT2D eigenvalue weighted by atomic mass is 79.9. The van der Waals surface area contributed by atoms with E-state index in [0.717, 1.165) is 8.09 Å². The van der Waals surface area contributed by atoms with Gasteiger partial charge in [0.2, 0.25) is 5.09 Å². The van der Waals surface area contributed by atoms with Gasteiger partial charge in [-0.3, -0.25) is 0 Å². The van der Waals surface area contributed by atoms with Crippen LogP contribution in [0.1, 0.15) is 10.6 Å². The fraction of sp³-hybridized carbons (Fsp3) is 0.333. The summed E-state index contributed by atoms with van der Waals surface area (Å²) in [5, 5.41) is 3.18. The van der Waals surface area contributed by atoms with Gasteiger partial charge in [-0.25, -0.2) is 12.7 Å². The first-order valence-corrected chi connectivity index (χ1v) is 8.91. The Labute approximate surface area is 130 Å². The van der Waals surface area contributed by atoms with E-state index in [4.69, 9.17) is 4.42 Å². The van der Waals surface area contributed by atoms with E-state index in [1.165, 1.54) is 25.0 Å². The molecule has 0 saturated heterocycles. The van der Waals surface area contributed by atoms with Gasteiger partial charge in [0.05, 0.1) is 10.3 Å². The van der Waals surface area contributed by atoms with E-state index in [-0.39, 0.29) is 5.09 Å². The predicted molar refractivity (Wildman–Crippen MR) is 82.1 cm³/mol. The smallest absolute Gasteiger partial charge is 0.275 e. The van der Waals surface area contributed by atoms with Crippen molar-refractivity contribution in [2.24, 2.45) is 0 Å². The Bertz CT molecular complexity index is 676. The number of furan rings is 1. The summed E-state index contributed by atoms with van der Waals surface area (Å²) >= 11 is 5.07. The highest BCUT2D eigenvalue weighted by Crippen LogP contribution is 2.22. The maximum absolute atomic E-state index is 11.9. The third kappa shape index (κ3) is 3.70. The zero-order valence-electron chi connectivity index (χ0n) is 11.1. The number of halogens is 1. The van der Waals surface area contributed by atoms with Crippen molar-refractivity contribution in [3.8, 4) is 0 Å². The number of hydrogen-bond acceptors (Lipinski definition) is 5. The molecular weight excluding hydrogens is 364 g/mol. The molecule has 1 N–H and O–H groups in total. The molecular formula is C12H15BrN2O3S2. The molecule has 20 heavy (non-hydrogen) atoms. The van der Waals surface area contributed by atoms with Crippen LogP contribution in [0.25, 0.3) is 0 Å². The van der Waals surface area contributed by atoms with Crippen molar-refractivity contribution < 1.29 is 12.8 Å². The van der Waals surface area contributed by atoms with Gasteiger partial charge in [0, 0.05) is 25.5 Å². The Hall–Kier alpha value is -0.670. The van der Waals surface area contributed by atoms with E-state index < -0.39 is 10.0 Å². The Morgan fingerprint density at radius 2 is 2.00 bits per heavy atom. The normalized spacial score (nSPS) is 12.2. The van der Waals surface area contributed by atoms with Crippen LogP contribution >= 0.6 is 27.3 Å². The van der Waals surface area contributed by atoms with Gasteiger partial charge in [-0.2, -0.15) is 0 Å². The molecule has 0 amide bonds. The molecule has 0 atom stereocenters. The summed E-state index contributed by atoms with van der Waals surface area (Å²) in [6.45, 7) is 1.20. The summed E-state index contributed by atoms with van der Waals surface area (Å²) in [7, 11) is -0.542. The molecule has 0 aliphatic rings. The zero-order valence-corrected chi connectivity index (χ0v) is 14.3. The lowest BCUT2D eigenvalue weighted by Gasteiger charge is -2.07. The fourth-order valence-corrected chi connectivity index (χ4v) is 3.79. The Balaban J connectivity index is 1.93. The van der Waals surface area contributed by atoms with E-state index >= 15 is 0 Å². The second kappa shape index (κ2) is 6.40. The molecule has 0 unspecified atom stereocenters. The Morgan fingerprint density at radius 1 is 1.25 bits per heavy atom. The van der Waals surface area contributed by atoms with Gasteiger partial charge in [0.1, 0.15) is 5.76 Å². The minimum absolute atomic E-state index is 0.0295. The SMILES string of the molecule is CN(C)S(=O)(=O)c1ccc(CNCc2ccc(Br)s2)o1. The maximum atomic E-state index is 11.9. The van der Waals surface area contributed by atoms with Gasteiger partial charge in [-0.15, -0.1) is 11.3 Å². The minimum Gasteiger partial charge on any atom is -0.447 e. The van der Waals surface area contributed by atoms with Gasteiger partial charge in [-0.05, 0) is 40.2 Å². The predicted octanol–water partition coefficient (Wildman–Crippen LogP) is 2.64. The van der Waals surface area contributed by atoms with Crippen LogP contribution in [-0.4, -0.2) is 26.8 Å². The van der Waals surface area contributed by atoms with Gasteiger partial charge < -0.3 is 9.73 Å². The standard InChI is InChI=1S/C12H15BrN2O3S2/c1-15(2)20(16,17)12-6-3-9(18-12)7-14-8-10-4-5-11(13)19-10/h3-6,14H,7-8H2,1-2H3. The molecule has 2 aromatic heterocycles. The van der Waals surface area contributed by atoms with Crippen molar-refractivity contribution in [1.82, 2.24) is 9.62 Å². The van der Waals surface area contributed by atoms with Crippen molar-refractivity contribution >= 4 is 37.3 Å². The molecule has 0 aliphatic heterocycles. The summed E-state index contributed by atoms with van der Waals surface area (Å²) in [4.78, 5) is 1.20. The molecule has 2 aromatic rings. The lowest BCUT2D eigenvalue weighted by atomic mass is 10.4. The van der Waals surface area contributed by atoms with Gasteiger partial charge in [-0.1, -0.05) is 0 Å². The highest BCUT2D eigenvalue weighted by molar-refractivity contribution is 9.11. The average Bonchev–Trinajstić information content (AvgIpc) is 2.99. The van der Waals surface area contributed by atoms with Crippen molar-refractivity contribution in [3.63, 3.8) is 0 Å². The van der Waals surface area contributed by atoms with Crippen molar-refractivity contribution in [3.05, 3.63) is 38.7 Å². The van der Waals surface area contributed by atoms with Crippen LogP contribution in [0.4, 0.5) is 0 Å². The van der Waals surface area contributed by atoms with Gasteiger partial charge in [0.25, 0.3) is 10.0 Å². The van der Waals surface area contributed by atoms with Crippen LogP contribution in [0, 0.1) is 0 Å². The molecule has 2 rings (SSSR count). The number of rotatable bonds is 6. The van der Waals surface area contributed by atoms with Gasteiger partial charge >= 0.3 is 0 Å². The largest absolute Gasteiger partial charge is 0.447 e. The number of hydrogen-bond donors (Lipinski definition) is 1. The molecule has 0 saturated carbocycles. The maximum Gasteiger partial charge on any atom is 0.275 e. The van der Waals surface area contributed by atoms with Crippen LogP contribution in [0.5, 0.6) is 0 Å². The molecule has 2 heterocycles. The Kier molecular flexibility index (Phi) is 5.03. The second-order valence-corrected chi connectivity index (χ2v) is 8.95. The molecule has 0 radical (unpaired) electrons. The van der Waals surface area contributed by atoms with Crippen LogP contribution < -0.4 is 5.32 Å². The molecule has 0 spiro atoms. The number of nitrogens with zero attached hydrogens (tertiary/aromatic N) is 1. The first-order chi connectivity index (χ1) is 9.39. The van der Waals surface area contributed by atoms with Gasteiger partial charge in [0.15, 0.2) is 0 Å². The summed E-state index contributed by atoms with van der Waals surface area (Å²) in [5.74, 6) is 0.598. The topological polar surface area (TPSA) is 62.6 Å². The van der Waals surface area contributed by atoms with Crippen molar-refractivity contribution in [1.29, 1.82) is 0 Å². The number of sulfonamides is 1. The summed E-state index contributed by atoms with van der Waals surface area (Å²) in [5.41, 5.74) is 0. The Morgan fingerprint density at radius 3 is 2.60 bits per heavy atom. The lowest BCUT2D eigenvalue weighted by molar-refractivity contribution is 0.389. The van der Waals surface area contributed by atoms with Crippen LogP contribution in [0.3, 0.4) is 0 Å². The first-order valence-electron chi connectivity index (χ1n) is 5.86. The van der Waals surface area contributed by atoms with E-state index in [1.807, 2.05) is 12.1 Å². The first kappa shape index (κ1) is 15.7. The summed E-state index contributed by atoms with van der Waals surface area (Å²) in [6, 6.07) is 7.18. The molecule has 0 fully saturated rings. The molecule has 8 heteroatoms. The van der Waals surface area contributed by atoms with Crippen molar-refractivity contribution in [2.75, 3.05) is 14.1 Å². The van der Waals surface area contributed by atoms with E-state index in [2.05, 4.69) is 21.2 Å². The molecule has 0 bridgehead atoms. The summed E-state index contributed by atoms with van der Waals surface area (Å²) in [6.07, 6.45) is 0. The fourth-order valence-electron chi connectivity index (χ4n) is 1.53. The minimum atomic E-state index is -3.50. The van der Waals surface area contributed by atoms with Crippen LogP contribution in [0.2, 0.25) is 0 Å². The van der Waals surface area contributed by atoms with Crippen molar-refractivity contribution in [2.45, 2.75) is 18.2 Å². The third-order valence-corrected chi connectivity index (χ3v) is 5.91. The van der Waals surface area contributed by atoms with Crippen LogP contribution in [-0.2, 0) is 23.1 Å². The second-order valence-electron chi connectivity index (χ2n) is 4.32. The van der Waals surface area contributed by atoms with E-state index in [1.54, 1.807) is 17.4 Å². The van der Waals surface area contributed by atoms with E-state index in [0.29, 0.717) is 18.8 Å². The monoisotopic (exact) mass is 378 g/mol. The average molecular weight is 379 g/mol.